The first-order valence-corrected chi connectivity index (χ1v) is 7.59. The molecule has 0 amide bonds. The minimum Gasteiger partial charge on any atom is -0.481 e. The lowest BCUT2D eigenvalue weighted by atomic mass is 9.62. The monoisotopic (exact) mass is 357 g/mol. The van der Waals surface area contributed by atoms with Gasteiger partial charge in [0.1, 0.15) is 5.82 Å². The van der Waals surface area contributed by atoms with Gasteiger partial charge in [-0.25, -0.2) is 4.39 Å². The van der Waals surface area contributed by atoms with Gasteiger partial charge in [-0.05, 0) is 47.5 Å². The van der Waals surface area contributed by atoms with Crippen LogP contribution in [0.1, 0.15) is 26.3 Å². The Balaban J connectivity index is 2.26. The van der Waals surface area contributed by atoms with Gasteiger partial charge >= 0.3 is 5.97 Å². The van der Waals surface area contributed by atoms with Gasteiger partial charge in [-0.2, -0.15) is 0 Å². The van der Waals surface area contributed by atoms with Gasteiger partial charge in [0, 0.05) is 11.1 Å². The van der Waals surface area contributed by atoms with E-state index in [4.69, 9.17) is 4.74 Å². The zero-order valence-corrected chi connectivity index (χ0v) is 13.6. The third kappa shape index (κ3) is 1.92. The summed E-state index contributed by atoms with van der Waals surface area (Å²) in [6, 6.07) is 3.09. The number of aliphatic carboxylic acids is 1. The van der Waals surface area contributed by atoms with Crippen LogP contribution >= 0.6 is 15.9 Å². The van der Waals surface area contributed by atoms with Crippen LogP contribution in [0.3, 0.4) is 0 Å². The number of benzene rings is 1. The van der Waals surface area contributed by atoms with E-state index in [9.17, 15) is 14.3 Å². The van der Waals surface area contributed by atoms with Gasteiger partial charge in [0.2, 0.25) is 0 Å². The highest BCUT2D eigenvalue weighted by Crippen LogP contribution is 2.53. The lowest BCUT2D eigenvalue weighted by molar-refractivity contribution is -0.143. The Kier molecular flexibility index (Phi) is 3.12. The highest BCUT2D eigenvalue weighted by molar-refractivity contribution is 9.10. The number of halogens is 2. The van der Waals surface area contributed by atoms with Crippen molar-refractivity contribution in [1.29, 1.82) is 0 Å². The van der Waals surface area contributed by atoms with Gasteiger partial charge in [0.05, 0.1) is 28.6 Å². The topological polar surface area (TPSA) is 58.6 Å². The molecule has 0 saturated carbocycles. The quantitative estimate of drug-likeness (QED) is 0.810. The summed E-state index contributed by atoms with van der Waals surface area (Å²) in [6.07, 6.45) is -0.295. The number of carbonyl (C=O) groups is 1. The Hall–Kier alpha value is -1.14. The number of nitrogens with one attached hydrogen (secondary N) is 1. The number of hydrogen-bond donors (Lipinski definition) is 2. The van der Waals surface area contributed by atoms with Crippen LogP contribution in [-0.2, 0) is 14.9 Å². The molecular formula is C15H17BrFNO3. The van der Waals surface area contributed by atoms with Crippen LogP contribution in [0.4, 0.5) is 10.1 Å². The largest absolute Gasteiger partial charge is 0.481 e. The van der Waals surface area contributed by atoms with Crippen molar-refractivity contribution in [2.45, 2.75) is 37.8 Å². The molecule has 3 atom stereocenters. The average Bonchev–Trinajstić information content (AvgIpc) is 2.72. The number of fused-ring (bicyclic) bond motifs is 3. The van der Waals surface area contributed by atoms with Crippen LogP contribution in [-0.4, -0.2) is 29.3 Å². The molecule has 21 heavy (non-hydrogen) atoms. The molecular weight excluding hydrogens is 341 g/mol. The van der Waals surface area contributed by atoms with Crippen molar-refractivity contribution >= 4 is 27.6 Å². The third-order valence-corrected chi connectivity index (χ3v) is 5.36. The molecule has 2 N–H and O–H groups in total. The van der Waals surface area contributed by atoms with Crippen molar-refractivity contribution in [3.05, 3.63) is 28.0 Å². The van der Waals surface area contributed by atoms with Gasteiger partial charge in [0.25, 0.3) is 0 Å². The molecule has 0 radical (unpaired) electrons. The lowest BCUT2D eigenvalue weighted by Crippen LogP contribution is -2.58. The fourth-order valence-electron chi connectivity index (χ4n) is 3.84. The van der Waals surface area contributed by atoms with Crippen molar-refractivity contribution in [2.24, 2.45) is 5.92 Å². The summed E-state index contributed by atoms with van der Waals surface area (Å²) in [7, 11) is 0. The molecule has 0 spiro atoms. The number of carboxylic acids is 1. The molecule has 6 heteroatoms. The van der Waals surface area contributed by atoms with Crippen molar-refractivity contribution in [3.63, 3.8) is 0 Å². The van der Waals surface area contributed by atoms with Crippen molar-refractivity contribution in [2.75, 3.05) is 11.9 Å². The fraction of sp³-hybridized carbons (Fsp3) is 0.533. The predicted molar refractivity (Wildman–Crippen MR) is 80.0 cm³/mol. The highest BCUT2D eigenvalue weighted by Gasteiger charge is 2.60. The van der Waals surface area contributed by atoms with Crippen LogP contribution in [0.25, 0.3) is 0 Å². The van der Waals surface area contributed by atoms with E-state index in [0.29, 0.717) is 10.2 Å². The summed E-state index contributed by atoms with van der Waals surface area (Å²) in [5.41, 5.74) is 0.236. The molecule has 2 aliphatic heterocycles. The summed E-state index contributed by atoms with van der Waals surface area (Å²) in [5, 5.41) is 12.8. The minimum absolute atomic E-state index is 0.163. The summed E-state index contributed by atoms with van der Waals surface area (Å²) in [5.74, 6) is -1.91. The molecule has 114 valence electrons. The normalized spacial score (nSPS) is 33.0. The fourth-order valence-corrected chi connectivity index (χ4v) is 4.19. The average molecular weight is 358 g/mol. The summed E-state index contributed by atoms with van der Waals surface area (Å²) < 4.78 is 20.0. The SMILES string of the molecule is CC1(C)Nc2cc(F)c(Br)cc2C2(C)C(C(=O)O)COC12. The van der Waals surface area contributed by atoms with E-state index in [2.05, 4.69) is 21.2 Å². The van der Waals surface area contributed by atoms with E-state index in [-0.39, 0.29) is 18.5 Å². The molecule has 1 fully saturated rings. The molecule has 0 aliphatic carbocycles. The van der Waals surface area contributed by atoms with Crippen LogP contribution in [0.2, 0.25) is 0 Å². The Morgan fingerprint density at radius 3 is 2.76 bits per heavy atom. The lowest BCUT2D eigenvalue weighted by Gasteiger charge is -2.49. The summed E-state index contributed by atoms with van der Waals surface area (Å²) in [6.45, 7) is 5.96. The first-order valence-electron chi connectivity index (χ1n) is 6.80. The molecule has 1 saturated heterocycles. The zero-order chi connectivity index (χ0) is 15.6. The molecule has 0 aromatic heterocycles. The second-order valence-corrected chi connectivity index (χ2v) is 7.40. The van der Waals surface area contributed by atoms with Crippen LogP contribution in [0.15, 0.2) is 16.6 Å². The molecule has 3 rings (SSSR count). The van der Waals surface area contributed by atoms with Crippen molar-refractivity contribution in [1.82, 2.24) is 0 Å². The second-order valence-electron chi connectivity index (χ2n) is 6.55. The Morgan fingerprint density at radius 2 is 2.14 bits per heavy atom. The van der Waals surface area contributed by atoms with E-state index < -0.39 is 22.8 Å². The molecule has 0 bridgehead atoms. The number of anilines is 1. The molecule has 2 aliphatic rings. The number of hydrogen-bond acceptors (Lipinski definition) is 3. The smallest absolute Gasteiger partial charge is 0.309 e. The number of carboxylic acid groups (broad SMARTS) is 1. The van der Waals surface area contributed by atoms with E-state index in [1.165, 1.54) is 6.07 Å². The Morgan fingerprint density at radius 1 is 1.48 bits per heavy atom. The summed E-state index contributed by atoms with van der Waals surface area (Å²) in [4.78, 5) is 11.6. The van der Waals surface area contributed by atoms with Gasteiger partial charge in [-0.15, -0.1) is 0 Å². The zero-order valence-electron chi connectivity index (χ0n) is 12.0. The third-order valence-electron chi connectivity index (χ3n) is 4.75. The van der Waals surface area contributed by atoms with Crippen molar-refractivity contribution in [3.8, 4) is 0 Å². The Bertz CT molecular complexity index is 634. The molecule has 1 aromatic carbocycles. The standard InChI is InChI=1S/C15H17BrFNO3/c1-14(2)13-15(3,8(6-21-13)12(19)20)7-4-9(16)10(17)5-11(7)18-14/h4-5,8,13,18H,6H2,1-3H3,(H,19,20). The maximum atomic E-state index is 13.8. The van der Waals surface area contributed by atoms with E-state index in [1.54, 1.807) is 6.07 Å². The number of rotatable bonds is 1. The maximum Gasteiger partial charge on any atom is 0.309 e. The Labute approximate surface area is 130 Å². The van der Waals surface area contributed by atoms with Gasteiger partial charge in [-0.3, -0.25) is 4.79 Å². The van der Waals surface area contributed by atoms with Crippen LogP contribution in [0.5, 0.6) is 0 Å². The highest BCUT2D eigenvalue weighted by atomic mass is 79.9. The molecule has 3 unspecified atom stereocenters. The first kappa shape index (κ1) is 14.8. The summed E-state index contributed by atoms with van der Waals surface area (Å²) >= 11 is 3.19. The first-order chi connectivity index (χ1) is 9.68. The van der Waals surface area contributed by atoms with Crippen LogP contribution < -0.4 is 5.32 Å². The van der Waals surface area contributed by atoms with E-state index in [1.807, 2.05) is 20.8 Å². The van der Waals surface area contributed by atoms with E-state index >= 15 is 0 Å². The molecule has 2 heterocycles. The van der Waals surface area contributed by atoms with Gasteiger partial charge in [0.15, 0.2) is 0 Å². The van der Waals surface area contributed by atoms with Crippen molar-refractivity contribution < 1.29 is 19.0 Å². The number of ether oxygens (including phenoxy) is 1. The minimum atomic E-state index is -0.885. The van der Waals surface area contributed by atoms with Crippen LogP contribution in [0, 0.1) is 11.7 Å². The molecule has 1 aromatic rings. The van der Waals surface area contributed by atoms with Gasteiger partial charge in [-0.1, -0.05) is 6.92 Å². The second kappa shape index (κ2) is 4.43. The maximum absolute atomic E-state index is 13.8. The predicted octanol–water partition coefficient (Wildman–Crippen LogP) is 3.15. The molecule has 4 nitrogen and oxygen atoms in total. The van der Waals surface area contributed by atoms with Gasteiger partial charge < -0.3 is 15.2 Å². The van der Waals surface area contributed by atoms with E-state index in [0.717, 1.165) is 5.56 Å².